The fraction of sp³-hybridized carbons (Fsp3) is 0.562. The monoisotopic (exact) mass is 340 g/mol. The summed E-state index contributed by atoms with van der Waals surface area (Å²) in [5.41, 5.74) is 0. The normalized spacial score (nSPS) is 15.3. The molecule has 1 aliphatic rings. The number of amides is 1. The first-order valence-corrected chi connectivity index (χ1v) is 8.17. The second kappa shape index (κ2) is 8.72. The van der Waals surface area contributed by atoms with Crippen LogP contribution in [0.1, 0.15) is 32.6 Å². The number of nitrogens with zero attached hydrogens (tertiary/aromatic N) is 2. The van der Waals surface area contributed by atoms with Gasteiger partial charge in [-0.3, -0.25) is 14.6 Å². The van der Waals surface area contributed by atoms with Crippen LogP contribution in [-0.2, 0) is 14.3 Å². The molecule has 7 heteroatoms. The topological polar surface area (TPSA) is 68.7 Å². The van der Waals surface area contributed by atoms with Gasteiger partial charge in [0.15, 0.2) is 0 Å². The minimum atomic E-state index is -0.327. The van der Waals surface area contributed by atoms with Gasteiger partial charge in [0.25, 0.3) is 0 Å². The van der Waals surface area contributed by atoms with Gasteiger partial charge in [-0.05, 0) is 6.92 Å². The van der Waals surface area contributed by atoms with Gasteiger partial charge in [0.05, 0.1) is 13.0 Å². The van der Waals surface area contributed by atoms with Crippen molar-refractivity contribution in [3.63, 3.8) is 0 Å². The summed E-state index contributed by atoms with van der Waals surface area (Å²) in [4.78, 5) is 29.1. The zero-order valence-corrected chi connectivity index (χ0v) is 13.9. The Bertz CT molecular complexity index is 545. The predicted octanol–water partition coefficient (Wildman–Crippen LogP) is 2.45. The van der Waals surface area contributed by atoms with Crippen molar-refractivity contribution < 1.29 is 19.1 Å². The van der Waals surface area contributed by atoms with E-state index in [-0.39, 0.29) is 30.8 Å². The molecule has 1 aromatic rings. The van der Waals surface area contributed by atoms with E-state index in [0.29, 0.717) is 30.5 Å². The van der Waals surface area contributed by atoms with Crippen LogP contribution in [-0.4, -0.2) is 47.6 Å². The Hall–Kier alpha value is -1.82. The maximum Gasteiger partial charge on any atom is 0.306 e. The first-order valence-electron chi connectivity index (χ1n) is 7.79. The fourth-order valence-corrected chi connectivity index (χ4v) is 2.62. The summed E-state index contributed by atoms with van der Waals surface area (Å²) in [5, 5.41) is 0.487. The van der Waals surface area contributed by atoms with Gasteiger partial charge in [0, 0.05) is 50.8 Å². The molecule has 1 saturated heterocycles. The number of aromatic nitrogens is 1. The molecular formula is C16H21ClN2O4. The van der Waals surface area contributed by atoms with E-state index >= 15 is 0 Å². The zero-order chi connectivity index (χ0) is 16.7. The van der Waals surface area contributed by atoms with Crippen molar-refractivity contribution in [2.75, 3.05) is 19.7 Å². The molecule has 2 heterocycles. The van der Waals surface area contributed by atoms with Crippen molar-refractivity contribution in [1.29, 1.82) is 0 Å². The van der Waals surface area contributed by atoms with E-state index in [0.717, 1.165) is 12.8 Å². The standard InChI is InChI=1S/C16H21ClN2O4/c1-2-22-16(21)4-3-15(20)19-9-6-12(7-10-19)23-14-5-8-18-11-13(14)17/h5,8,11-12H,2-4,6-7,9-10H2,1H3. The highest BCUT2D eigenvalue weighted by atomic mass is 35.5. The summed E-state index contributed by atoms with van der Waals surface area (Å²) >= 11 is 6.02. The highest BCUT2D eigenvalue weighted by molar-refractivity contribution is 6.31. The van der Waals surface area contributed by atoms with Crippen LogP contribution in [0, 0.1) is 0 Å². The molecule has 0 aromatic carbocycles. The molecule has 1 aliphatic heterocycles. The third-order valence-corrected chi connectivity index (χ3v) is 3.96. The zero-order valence-electron chi connectivity index (χ0n) is 13.2. The van der Waals surface area contributed by atoms with Gasteiger partial charge in [-0.25, -0.2) is 0 Å². The van der Waals surface area contributed by atoms with Crippen LogP contribution in [0.5, 0.6) is 5.75 Å². The Labute approximate surface area is 140 Å². The second-order valence-corrected chi connectivity index (χ2v) is 5.72. The Kier molecular flexibility index (Phi) is 6.65. The van der Waals surface area contributed by atoms with Gasteiger partial charge in [0.2, 0.25) is 5.91 Å². The summed E-state index contributed by atoms with van der Waals surface area (Å²) in [5.74, 6) is 0.276. The number of pyridine rings is 1. The highest BCUT2D eigenvalue weighted by Crippen LogP contribution is 2.26. The molecular weight excluding hydrogens is 320 g/mol. The average Bonchev–Trinajstić information content (AvgIpc) is 2.56. The Morgan fingerprint density at radius 2 is 2.09 bits per heavy atom. The molecule has 0 bridgehead atoms. The number of likely N-dealkylation sites (tertiary alicyclic amines) is 1. The van der Waals surface area contributed by atoms with Crippen molar-refractivity contribution in [2.24, 2.45) is 0 Å². The minimum Gasteiger partial charge on any atom is -0.489 e. The average molecular weight is 341 g/mol. The number of ether oxygens (including phenoxy) is 2. The van der Waals surface area contributed by atoms with Crippen molar-refractivity contribution in [3.8, 4) is 5.75 Å². The second-order valence-electron chi connectivity index (χ2n) is 5.31. The van der Waals surface area contributed by atoms with E-state index in [1.165, 1.54) is 0 Å². The summed E-state index contributed by atoms with van der Waals surface area (Å²) < 4.78 is 10.7. The van der Waals surface area contributed by atoms with Crippen molar-refractivity contribution >= 4 is 23.5 Å². The number of esters is 1. The molecule has 0 N–H and O–H groups in total. The van der Waals surface area contributed by atoms with Crippen LogP contribution in [0.2, 0.25) is 5.02 Å². The van der Waals surface area contributed by atoms with E-state index in [1.807, 2.05) is 0 Å². The van der Waals surface area contributed by atoms with Crippen LogP contribution in [0.15, 0.2) is 18.5 Å². The number of halogens is 1. The third-order valence-electron chi connectivity index (χ3n) is 3.67. The first kappa shape index (κ1) is 17.5. The number of piperidine rings is 1. The van der Waals surface area contributed by atoms with E-state index in [1.54, 1.807) is 30.3 Å². The third kappa shape index (κ3) is 5.39. The van der Waals surface area contributed by atoms with Gasteiger partial charge >= 0.3 is 5.97 Å². The lowest BCUT2D eigenvalue weighted by Gasteiger charge is -2.32. The Morgan fingerprint density at radius 1 is 1.35 bits per heavy atom. The van der Waals surface area contributed by atoms with E-state index in [4.69, 9.17) is 21.1 Å². The molecule has 1 amide bonds. The highest BCUT2D eigenvalue weighted by Gasteiger charge is 2.24. The molecule has 0 radical (unpaired) electrons. The lowest BCUT2D eigenvalue weighted by atomic mass is 10.1. The van der Waals surface area contributed by atoms with Crippen molar-refractivity contribution in [2.45, 2.75) is 38.7 Å². The Balaban J connectivity index is 1.74. The number of carbonyl (C=O) groups excluding carboxylic acids is 2. The molecule has 126 valence electrons. The SMILES string of the molecule is CCOC(=O)CCC(=O)N1CCC(Oc2ccncc2Cl)CC1. The fourth-order valence-electron chi connectivity index (χ4n) is 2.46. The molecule has 1 aromatic heterocycles. The maximum absolute atomic E-state index is 12.1. The van der Waals surface area contributed by atoms with Crippen LogP contribution < -0.4 is 4.74 Å². The molecule has 1 fully saturated rings. The molecule has 2 rings (SSSR count). The first-order chi connectivity index (χ1) is 11.1. The summed E-state index contributed by atoms with van der Waals surface area (Å²) in [6.07, 6.45) is 5.02. The van der Waals surface area contributed by atoms with E-state index in [9.17, 15) is 9.59 Å². The smallest absolute Gasteiger partial charge is 0.306 e. The number of carbonyl (C=O) groups is 2. The van der Waals surface area contributed by atoms with Crippen LogP contribution in [0.3, 0.4) is 0 Å². The van der Waals surface area contributed by atoms with Crippen LogP contribution >= 0.6 is 11.6 Å². The molecule has 0 aliphatic carbocycles. The maximum atomic E-state index is 12.1. The van der Waals surface area contributed by atoms with Crippen LogP contribution in [0.4, 0.5) is 0 Å². The summed E-state index contributed by atoms with van der Waals surface area (Å²) in [7, 11) is 0. The Morgan fingerprint density at radius 3 is 2.74 bits per heavy atom. The summed E-state index contributed by atoms with van der Waals surface area (Å²) in [6.45, 7) is 3.33. The molecule has 0 unspecified atom stereocenters. The molecule has 6 nitrogen and oxygen atoms in total. The van der Waals surface area contributed by atoms with Gasteiger partial charge in [0.1, 0.15) is 16.9 Å². The van der Waals surface area contributed by atoms with Gasteiger partial charge < -0.3 is 14.4 Å². The van der Waals surface area contributed by atoms with E-state index < -0.39 is 0 Å². The van der Waals surface area contributed by atoms with Crippen molar-refractivity contribution in [1.82, 2.24) is 9.88 Å². The molecule has 0 spiro atoms. The number of hydrogen-bond acceptors (Lipinski definition) is 5. The van der Waals surface area contributed by atoms with E-state index in [2.05, 4.69) is 4.98 Å². The van der Waals surface area contributed by atoms with Gasteiger partial charge in [-0.15, -0.1) is 0 Å². The van der Waals surface area contributed by atoms with Crippen molar-refractivity contribution in [3.05, 3.63) is 23.5 Å². The number of hydrogen-bond donors (Lipinski definition) is 0. The lowest BCUT2D eigenvalue weighted by molar-refractivity contribution is -0.146. The van der Waals surface area contributed by atoms with Gasteiger partial charge in [-0.1, -0.05) is 11.6 Å². The molecule has 0 saturated carbocycles. The predicted molar refractivity (Wildman–Crippen MR) is 85.3 cm³/mol. The molecule has 23 heavy (non-hydrogen) atoms. The summed E-state index contributed by atoms with van der Waals surface area (Å²) in [6, 6.07) is 1.74. The minimum absolute atomic E-state index is 0.0153. The van der Waals surface area contributed by atoms with Gasteiger partial charge in [-0.2, -0.15) is 0 Å². The molecule has 0 atom stereocenters. The lowest BCUT2D eigenvalue weighted by Crippen LogP contribution is -2.41. The quantitative estimate of drug-likeness (QED) is 0.744. The largest absolute Gasteiger partial charge is 0.489 e. The van der Waals surface area contributed by atoms with Crippen LogP contribution in [0.25, 0.3) is 0 Å². The number of rotatable bonds is 6.